The van der Waals surface area contributed by atoms with Crippen LogP contribution >= 0.6 is 27.5 Å². The molecule has 2 nitrogen and oxygen atoms in total. The monoisotopic (exact) mass is 246 g/mol. The van der Waals surface area contributed by atoms with E-state index in [1.165, 1.54) is 0 Å². The SMILES string of the molecule is NC(CCl)=Nc1ccc(Br)cc1. The predicted octanol–water partition coefficient (Wildman–Crippen LogP) is 2.68. The molecule has 0 aliphatic heterocycles. The minimum atomic E-state index is 0.260. The van der Waals surface area contributed by atoms with Crippen LogP contribution in [0.15, 0.2) is 33.7 Å². The second-order valence-electron chi connectivity index (χ2n) is 2.21. The zero-order chi connectivity index (χ0) is 8.97. The Morgan fingerprint density at radius 1 is 1.42 bits per heavy atom. The lowest BCUT2D eigenvalue weighted by molar-refractivity contribution is 1.45. The summed E-state index contributed by atoms with van der Waals surface area (Å²) in [7, 11) is 0. The van der Waals surface area contributed by atoms with Crippen molar-refractivity contribution in [3.8, 4) is 0 Å². The summed E-state index contributed by atoms with van der Waals surface area (Å²) in [5, 5.41) is 0. The van der Waals surface area contributed by atoms with Crippen LogP contribution in [0.4, 0.5) is 5.69 Å². The van der Waals surface area contributed by atoms with Gasteiger partial charge in [-0.2, -0.15) is 0 Å². The highest BCUT2D eigenvalue weighted by Gasteiger charge is 1.91. The lowest BCUT2D eigenvalue weighted by Gasteiger charge is -1.95. The van der Waals surface area contributed by atoms with Crippen molar-refractivity contribution >= 4 is 39.1 Å². The Morgan fingerprint density at radius 2 is 2.00 bits per heavy atom. The Morgan fingerprint density at radius 3 is 2.50 bits per heavy atom. The number of alkyl halides is 1. The number of nitrogens with two attached hydrogens (primary N) is 1. The molecule has 0 bridgehead atoms. The summed E-state index contributed by atoms with van der Waals surface area (Å²) in [6.45, 7) is 0. The van der Waals surface area contributed by atoms with Crippen molar-refractivity contribution < 1.29 is 0 Å². The third kappa shape index (κ3) is 2.83. The van der Waals surface area contributed by atoms with Gasteiger partial charge < -0.3 is 5.73 Å². The van der Waals surface area contributed by atoms with Crippen LogP contribution in [-0.2, 0) is 0 Å². The molecule has 0 fully saturated rings. The van der Waals surface area contributed by atoms with Crippen LogP contribution in [0.3, 0.4) is 0 Å². The van der Waals surface area contributed by atoms with Crippen LogP contribution in [-0.4, -0.2) is 11.7 Å². The van der Waals surface area contributed by atoms with Crippen molar-refractivity contribution in [3.63, 3.8) is 0 Å². The maximum atomic E-state index is 5.47. The standard InChI is InChI=1S/C8H8BrClN2/c9-6-1-3-7(4-2-6)12-8(11)5-10/h1-4H,5H2,(H2,11,12). The van der Waals surface area contributed by atoms with Crippen LogP contribution in [0.2, 0.25) is 0 Å². The first-order valence-corrected chi connectivity index (χ1v) is 4.69. The van der Waals surface area contributed by atoms with Gasteiger partial charge in [-0.15, -0.1) is 11.6 Å². The number of hydrogen-bond acceptors (Lipinski definition) is 1. The second-order valence-corrected chi connectivity index (χ2v) is 3.40. The average Bonchev–Trinajstić information content (AvgIpc) is 2.09. The first kappa shape index (κ1) is 9.55. The van der Waals surface area contributed by atoms with E-state index in [2.05, 4.69) is 20.9 Å². The van der Waals surface area contributed by atoms with Crippen molar-refractivity contribution in [2.24, 2.45) is 10.7 Å². The fraction of sp³-hybridized carbons (Fsp3) is 0.125. The minimum absolute atomic E-state index is 0.260. The van der Waals surface area contributed by atoms with Gasteiger partial charge in [0.1, 0.15) is 5.84 Å². The topological polar surface area (TPSA) is 38.4 Å². The van der Waals surface area contributed by atoms with Crippen molar-refractivity contribution in [3.05, 3.63) is 28.7 Å². The Bertz CT molecular complexity index is 282. The molecule has 1 aromatic rings. The number of aliphatic imine (C=N–C) groups is 1. The van der Waals surface area contributed by atoms with Crippen LogP contribution in [0, 0.1) is 0 Å². The molecule has 64 valence electrons. The summed E-state index contributed by atoms with van der Waals surface area (Å²) in [6, 6.07) is 7.54. The molecule has 1 rings (SSSR count). The van der Waals surface area contributed by atoms with Gasteiger partial charge >= 0.3 is 0 Å². The summed E-state index contributed by atoms with van der Waals surface area (Å²) >= 11 is 8.79. The molecule has 0 aromatic heterocycles. The number of rotatable bonds is 2. The molecule has 0 amide bonds. The van der Waals surface area contributed by atoms with Gasteiger partial charge in [-0.25, -0.2) is 4.99 Å². The van der Waals surface area contributed by atoms with Gasteiger partial charge in [0.15, 0.2) is 0 Å². The molecule has 0 spiro atoms. The molecule has 0 heterocycles. The minimum Gasteiger partial charge on any atom is -0.386 e. The normalized spacial score (nSPS) is 11.7. The molecular weight excluding hydrogens is 239 g/mol. The summed E-state index contributed by atoms with van der Waals surface area (Å²) in [5.41, 5.74) is 6.27. The molecule has 0 aliphatic carbocycles. The maximum absolute atomic E-state index is 5.47. The van der Waals surface area contributed by atoms with E-state index in [4.69, 9.17) is 17.3 Å². The number of halogens is 2. The smallest absolute Gasteiger partial charge is 0.115 e. The summed E-state index contributed by atoms with van der Waals surface area (Å²) in [5.74, 6) is 0.690. The molecule has 2 N–H and O–H groups in total. The lowest BCUT2D eigenvalue weighted by atomic mass is 10.3. The number of benzene rings is 1. The molecular formula is C8H8BrClN2. The molecule has 0 radical (unpaired) electrons. The first-order chi connectivity index (χ1) is 5.72. The zero-order valence-corrected chi connectivity index (χ0v) is 8.64. The van der Waals surface area contributed by atoms with E-state index < -0.39 is 0 Å². The van der Waals surface area contributed by atoms with Crippen LogP contribution < -0.4 is 5.73 Å². The van der Waals surface area contributed by atoms with E-state index in [1.807, 2.05) is 24.3 Å². The quantitative estimate of drug-likeness (QED) is 0.487. The van der Waals surface area contributed by atoms with Crippen LogP contribution in [0.5, 0.6) is 0 Å². The van der Waals surface area contributed by atoms with Gasteiger partial charge in [0, 0.05) is 4.47 Å². The van der Waals surface area contributed by atoms with Gasteiger partial charge in [-0.3, -0.25) is 0 Å². The highest BCUT2D eigenvalue weighted by atomic mass is 79.9. The third-order valence-electron chi connectivity index (χ3n) is 1.24. The number of nitrogens with zero attached hydrogens (tertiary/aromatic N) is 1. The highest BCUT2D eigenvalue weighted by Crippen LogP contribution is 2.16. The summed E-state index contributed by atoms with van der Waals surface area (Å²) in [6.07, 6.45) is 0. The van der Waals surface area contributed by atoms with Crippen molar-refractivity contribution in [2.45, 2.75) is 0 Å². The summed E-state index contributed by atoms with van der Waals surface area (Å²) < 4.78 is 1.02. The van der Waals surface area contributed by atoms with E-state index in [0.717, 1.165) is 10.2 Å². The van der Waals surface area contributed by atoms with E-state index in [1.54, 1.807) is 0 Å². The Balaban J connectivity index is 2.84. The van der Waals surface area contributed by atoms with E-state index in [-0.39, 0.29) is 5.88 Å². The molecule has 0 aliphatic rings. The maximum Gasteiger partial charge on any atom is 0.115 e. The zero-order valence-electron chi connectivity index (χ0n) is 6.30. The van der Waals surface area contributed by atoms with Gasteiger partial charge in [-0.05, 0) is 24.3 Å². The van der Waals surface area contributed by atoms with Gasteiger partial charge in [0.05, 0.1) is 11.6 Å². The van der Waals surface area contributed by atoms with Crippen molar-refractivity contribution in [2.75, 3.05) is 5.88 Å². The van der Waals surface area contributed by atoms with Gasteiger partial charge in [0.25, 0.3) is 0 Å². The van der Waals surface area contributed by atoms with Gasteiger partial charge in [0.2, 0.25) is 0 Å². The van der Waals surface area contributed by atoms with E-state index in [0.29, 0.717) is 5.84 Å². The van der Waals surface area contributed by atoms with Crippen LogP contribution in [0.25, 0.3) is 0 Å². The molecule has 12 heavy (non-hydrogen) atoms. The number of amidine groups is 1. The van der Waals surface area contributed by atoms with Crippen molar-refractivity contribution in [1.29, 1.82) is 0 Å². The molecule has 0 saturated heterocycles. The van der Waals surface area contributed by atoms with Crippen LogP contribution in [0.1, 0.15) is 0 Å². The van der Waals surface area contributed by atoms with E-state index in [9.17, 15) is 0 Å². The highest BCUT2D eigenvalue weighted by molar-refractivity contribution is 9.10. The largest absolute Gasteiger partial charge is 0.386 e. The lowest BCUT2D eigenvalue weighted by Crippen LogP contribution is -2.12. The van der Waals surface area contributed by atoms with Crippen molar-refractivity contribution in [1.82, 2.24) is 0 Å². The molecule has 4 heteroatoms. The Kier molecular flexibility index (Phi) is 3.56. The fourth-order valence-corrected chi connectivity index (χ4v) is 1.04. The Labute approximate surface area is 84.6 Å². The summed E-state index contributed by atoms with van der Waals surface area (Å²) in [4.78, 5) is 4.06. The average molecular weight is 248 g/mol. The third-order valence-corrected chi connectivity index (χ3v) is 2.04. The number of hydrogen-bond donors (Lipinski definition) is 1. The molecule has 1 aromatic carbocycles. The van der Waals surface area contributed by atoms with E-state index >= 15 is 0 Å². The Hall–Kier alpha value is -0.540. The van der Waals surface area contributed by atoms with Gasteiger partial charge in [-0.1, -0.05) is 15.9 Å². The first-order valence-electron chi connectivity index (χ1n) is 3.37. The second kappa shape index (κ2) is 4.48. The molecule has 0 atom stereocenters. The molecule has 0 saturated carbocycles. The predicted molar refractivity (Wildman–Crippen MR) is 56.1 cm³/mol. The fourth-order valence-electron chi connectivity index (χ4n) is 0.711. The molecule has 0 unspecified atom stereocenters.